The molecule has 2 aromatic rings. The minimum atomic E-state index is -1.04. The van der Waals surface area contributed by atoms with Gasteiger partial charge in [-0.25, -0.2) is 0 Å². The second-order valence-electron chi connectivity index (χ2n) is 8.25. The fourth-order valence-electron chi connectivity index (χ4n) is 4.73. The van der Waals surface area contributed by atoms with Gasteiger partial charge in [0.15, 0.2) is 0 Å². The molecular formula is C22H21N5O5. The van der Waals surface area contributed by atoms with Crippen molar-refractivity contribution in [3.63, 3.8) is 0 Å². The van der Waals surface area contributed by atoms with Gasteiger partial charge in [0.05, 0.1) is 23.4 Å². The first-order chi connectivity index (χ1) is 15.5. The van der Waals surface area contributed by atoms with Crippen LogP contribution in [-0.2, 0) is 9.59 Å². The molecule has 0 bridgehead atoms. The molecule has 3 aliphatic heterocycles. The van der Waals surface area contributed by atoms with Gasteiger partial charge in [0.25, 0.3) is 17.7 Å². The van der Waals surface area contributed by atoms with Gasteiger partial charge < -0.3 is 4.90 Å². The zero-order valence-electron chi connectivity index (χ0n) is 17.2. The number of aromatic nitrogens is 2. The number of fused-ring (bicyclic) bond motifs is 1. The molecule has 0 saturated carbocycles. The molecule has 32 heavy (non-hydrogen) atoms. The average Bonchev–Trinajstić information content (AvgIpc) is 3.41. The minimum absolute atomic E-state index is 0.0535. The van der Waals surface area contributed by atoms with Crippen LogP contribution >= 0.6 is 0 Å². The van der Waals surface area contributed by atoms with Gasteiger partial charge in [0.1, 0.15) is 6.04 Å². The molecule has 0 aliphatic carbocycles. The van der Waals surface area contributed by atoms with Crippen LogP contribution in [-0.4, -0.2) is 62.1 Å². The molecular weight excluding hydrogens is 414 g/mol. The molecule has 1 aromatic carbocycles. The monoisotopic (exact) mass is 435 g/mol. The van der Waals surface area contributed by atoms with E-state index in [1.807, 2.05) is 0 Å². The molecule has 2 atom stereocenters. The molecule has 10 nitrogen and oxygen atoms in total. The SMILES string of the molecule is O=C1CCC(N2C(=O)c3ccc(C(=O)N4CCCCC4c4cn[nH]c4)cc3C2=O)C(=O)N1. The van der Waals surface area contributed by atoms with Crippen LogP contribution in [0.15, 0.2) is 30.6 Å². The number of nitrogens with zero attached hydrogens (tertiary/aromatic N) is 3. The lowest BCUT2D eigenvalue weighted by Gasteiger charge is -2.35. The van der Waals surface area contributed by atoms with E-state index in [2.05, 4.69) is 15.5 Å². The van der Waals surface area contributed by atoms with Crippen molar-refractivity contribution in [2.24, 2.45) is 0 Å². The molecule has 0 spiro atoms. The number of piperidine rings is 2. The second-order valence-corrected chi connectivity index (χ2v) is 8.25. The topological polar surface area (TPSA) is 133 Å². The predicted octanol–water partition coefficient (Wildman–Crippen LogP) is 1.18. The Morgan fingerprint density at radius 3 is 2.56 bits per heavy atom. The number of hydrogen-bond donors (Lipinski definition) is 2. The third kappa shape index (κ3) is 3.19. The van der Waals surface area contributed by atoms with E-state index in [0.717, 1.165) is 29.7 Å². The number of carbonyl (C=O) groups is 5. The Hall–Kier alpha value is -3.82. The summed E-state index contributed by atoms with van der Waals surface area (Å²) in [4.78, 5) is 65.6. The van der Waals surface area contributed by atoms with Crippen molar-refractivity contribution < 1.29 is 24.0 Å². The van der Waals surface area contributed by atoms with Crippen LogP contribution in [0.4, 0.5) is 0 Å². The van der Waals surface area contributed by atoms with Gasteiger partial charge in [0, 0.05) is 30.3 Å². The number of amides is 5. The molecule has 10 heteroatoms. The lowest BCUT2D eigenvalue weighted by atomic mass is 9.96. The molecule has 2 fully saturated rings. The summed E-state index contributed by atoms with van der Waals surface area (Å²) in [5.41, 5.74) is 1.49. The highest BCUT2D eigenvalue weighted by molar-refractivity contribution is 6.24. The van der Waals surface area contributed by atoms with Crippen LogP contribution in [0.5, 0.6) is 0 Å². The van der Waals surface area contributed by atoms with Crippen molar-refractivity contribution in [1.82, 2.24) is 25.3 Å². The summed E-state index contributed by atoms with van der Waals surface area (Å²) in [6.45, 7) is 0.584. The van der Waals surface area contributed by atoms with Gasteiger partial charge in [-0.05, 0) is 43.9 Å². The minimum Gasteiger partial charge on any atom is -0.331 e. The van der Waals surface area contributed by atoms with Crippen LogP contribution in [0, 0.1) is 0 Å². The highest BCUT2D eigenvalue weighted by atomic mass is 16.2. The Morgan fingerprint density at radius 1 is 1.00 bits per heavy atom. The van der Waals surface area contributed by atoms with Gasteiger partial charge in [-0.1, -0.05) is 0 Å². The first-order valence-corrected chi connectivity index (χ1v) is 10.6. The summed E-state index contributed by atoms with van der Waals surface area (Å²) in [6, 6.07) is 3.30. The summed E-state index contributed by atoms with van der Waals surface area (Å²) >= 11 is 0. The molecule has 164 valence electrons. The molecule has 4 heterocycles. The smallest absolute Gasteiger partial charge is 0.262 e. The predicted molar refractivity (Wildman–Crippen MR) is 109 cm³/mol. The standard InChI is InChI=1S/C22H21N5O5/c28-18-7-6-17(19(29)25-18)27-21(31)14-5-4-12(9-15(14)22(27)32)20(30)26-8-2-1-3-16(26)13-10-23-24-11-13/h4-5,9-11,16-17H,1-3,6-8H2,(H,23,24)(H,25,28,29). The van der Waals surface area contributed by atoms with E-state index >= 15 is 0 Å². The summed E-state index contributed by atoms with van der Waals surface area (Å²) in [5, 5.41) is 8.95. The first-order valence-electron chi connectivity index (χ1n) is 10.6. The maximum atomic E-state index is 13.3. The van der Waals surface area contributed by atoms with E-state index in [-0.39, 0.29) is 35.9 Å². The largest absolute Gasteiger partial charge is 0.331 e. The van der Waals surface area contributed by atoms with Gasteiger partial charge in [-0.15, -0.1) is 0 Å². The highest BCUT2D eigenvalue weighted by Crippen LogP contribution is 2.33. The van der Waals surface area contributed by atoms with E-state index in [0.29, 0.717) is 12.1 Å². The van der Waals surface area contributed by atoms with Gasteiger partial charge >= 0.3 is 0 Å². The number of nitrogens with one attached hydrogen (secondary N) is 2. The Labute approximate surface area is 182 Å². The summed E-state index contributed by atoms with van der Waals surface area (Å²) in [6.07, 6.45) is 6.32. The van der Waals surface area contributed by atoms with Gasteiger partial charge in [-0.2, -0.15) is 5.10 Å². The number of carbonyl (C=O) groups excluding carboxylic acids is 5. The first kappa shape index (κ1) is 20.1. The summed E-state index contributed by atoms with van der Waals surface area (Å²) < 4.78 is 0. The average molecular weight is 435 g/mol. The maximum absolute atomic E-state index is 13.3. The second kappa shape index (κ2) is 7.70. The Bertz CT molecular complexity index is 1140. The molecule has 0 radical (unpaired) electrons. The van der Waals surface area contributed by atoms with Crippen molar-refractivity contribution >= 4 is 29.5 Å². The van der Waals surface area contributed by atoms with Crippen molar-refractivity contribution in [1.29, 1.82) is 0 Å². The number of hydrogen-bond acceptors (Lipinski definition) is 6. The molecule has 5 amide bonds. The van der Waals surface area contributed by atoms with Crippen LogP contribution in [0.3, 0.4) is 0 Å². The Balaban J connectivity index is 1.43. The van der Waals surface area contributed by atoms with E-state index in [1.165, 1.54) is 12.1 Å². The zero-order chi connectivity index (χ0) is 22.4. The third-order valence-electron chi connectivity index (χ3n) is 6.35. The Morgan fingerprint density at radius 2 is 1.81 bits per heavy atom. The van der Waals surface area contributed by atoms with Crippen LogP contribution in [0.2, 0.25) is 0 Å². The third-order valence-corrected chi connectivity index (χ3v) is 6.35. The van der Waals surface area contributed by atoms with Crippen molar-refractivity contribution in [2.75, 3.05) is 6.54 Å². The van der Waals surface area contributed by atoms with Gasteiger partial charge in [0.2, 0.25) is 11.8 Å². The normalized spacial score (nSPS) is 23.4. The van der Waals surface area contributed by atoms with Crippen molar-refractivity contribution in [2.45, 2.75) is 44.2 Å². The molecule has 5 rings (SSSR count). The van der Waals surface area contributed by atoms with Crippen molar-refractivity contribution in [3.05, 3.63) is 52.8 Å². The molecule has 2 saturated heterocycles. The highest BCUT2D eigenvalue weighted by Gasteiger charge is 2.45. The van der Waals surface area contributed by atoms with E-state index < -0.39 is 29.7 Å². The van der Waals surface area contributed by atoms with Crippen LogP contribution in [0.25, 0.3) is 0 Å². The molecule has 2 N–H and O–H groups in total. The summed E-state index contributed by atoms with van der Waals surface area (Å²) in [5.74, 6) is -2.53. The number of likely N-dealkylation sites (tertiary alicyclic amines) is 1. The van der Waals surface area contributed by atoms with E-state index in [4.69, 9.17) is 0 Å². The molecule has 1 aromatic heterocycles. The van der Waals surface area contributed by atoms with Gasteiger partial charge in [-0.3, -0.25) is 39.3 Å². The number of H-pyrrole nitrogens is 1. The van der Waals surface area contributed by atoms with E-state index in [9.17, 15) is 24.0 Å². The zero-order valence-corrected chi connectivity index (χ0v) is 17.2. The lowest BCUT2D eigenvalue weighted by molar-refractivity contribution is -0.136. The van der Waals surface area contributed by atoms with E-state index in [1.54, 1.807) is 23.4 Å². The lowest BCUT2D eigenvalue weighted by Crippen LogP contribution is -2.54. The molecule has 2 unspecified atom stereocenters. The van der Waals surface area contributed by atoms with Crippen molar-refractivity contribution in [3.8, 4) is 0 Å². The summed E-state index contributed by atoms with van der Waals surface area (Å²) in [7, 11) is 0. The van der Waals surface area contributed by atoms with Crippen LogP contribution in [0.1, 0.15) is 74.8 Å². The Kier molecular flexibility index (Phi) is 4.84. The molecule has 3 aliphatic rings. The number of benzene rings is 1. The maximum Gasteiger partial charge on any atom is 0.262 e. The van der Waals surface area contributed by atoms with Crippen LogP contribution < -0.4 is 5.32 Å². The number of rotatable bonds is 3. The fraction of sp³-hybridized carbons (Fsp3) is 0.364. The number of imide groups is 2. The quantitative estimate of drug-likeness (QED) is 0.696. The number of aromatic amines is 1. The fourth-order valence-corrected chi connectivity index (χ4v) is 4.73.